The van der Waals surface area contributed by atoms with Crippen LogP contribution in [0.4, 0.5) is 0 Å². The average molecular weight is 166 g/mol. The lowest BCUT2D eigenvalue weighted by atomic mass is 9.94. The van der Waals surface area contributed by atoms with Gasteiger partial charge in [-0.3, -0.25) is 4.79 Å². The Morgan fingerprint density at radius 3 is 2.75 bits per heavy atom. The molecule has 1 unspecified atom stereocenters. The molecule has 2 heteroatoms. The molecule has 0 aromatic rings. The molecule has 0 N–H and O–H groups in total. The van der Waals surface area contributed by atoms with Crippen molar-refractivity contribution in [1.82, 2.24) is 0 Å². The monoisotopic (exact) mass is 166 g/mol. The van der Waals surface area contributed by atoms with E-state index in [0.29, 0.717) is 0 Å². The van der Waals surface area contributed by atoms with E-state index in [-0.39, 0.29) is 5.92 Å². The predicted molar refractivity (Wildman–Crippen MR) is 46.8 cm³/mol. The minimum absolute atomic E-state index is 0.0227. The third kappa shape index (κ3) is 2.61. The Labute approximate surface area is 72.7 Å². The van der Waals surface area contributed by atoms with E-state index in [1.54, 1.807) is 0 Å². The van der Waals surface area contributed by atoms with Crippen molar-refractivity contribution in [3.63, 3.8) is 0 Å². The van der Waals surface area contributed by atoms with Crippen LogP contribution in [0.5, 0.6) is 0 Å². The van der Waals surface area contributed by atoms with Crippen LogP contribution in [-0.4, -0.2) is 12.6 Å². The van der Waals surface area contributed by atoms with Gasteiger partial charge in [0.1, 0.15) is 12.6 Å². The van der Waals surface area contributed by atoms with Gasteiger partial charge in [0.25, 0.3) is 0 Å². The molecule has 2 nitrogen and oxygen atoms in total. The first-order valence-electron chi connectivity index (χ1n) is 4.48. The van der Waals surface area contributed by atoms with Gasteiger partial charge in [0.05, 0.1) is 0 Å². The first-order chi connectivity index (χ1) is 5.86. The van der Waals surface area contributed by atoms with Crippen LogP contribution in [0, 0.1) is 5.92 Å². The molecule has 0 aliphatic heterocycles. The van der Waals surface area contributed by atoms with E-state index in [1.165, 1.54) is 0 Å². The van der Waals surface area contributed by atoms with Gasteiger partial charge in [0, 0.05) is 5.92 Å². The van der Waals surface area contributed by atoms with Crippen molar-refractivity contribution in [3.8, 4) is 0 Å². The number of carbonyl (C=O) groups excluding carboxylic acids is 2. The summed E-state index contributed by atoms with van der Waals surface area (Å²) in [5.74, 6) is -0.0227. The highest BCUT2D eigenvalue weighted by molar-refractivity contribution is 5.74. The lowest BCUT2D eigenvalue weighted by Gasteiger charge is -2.10. The quantitative estimate of drug-likeness (QED) is 0.587. The molecular formula is C10H14O2. The average Bonchev–Trinajstić information content (AvgIpc) is 2.05. The van der Waals surface area contributed by atoms with E-state index in [4.69, 9.17) is 0 Å². The maximum absolute atomic E-state index is 10.5. The molecule has 0 saturated heterocycles. The van der Waals surface area contributed by atoms with Gasteiger partial charge in [-0.2, -0.15) is 0 Å². The minimum Gasteiger partial charge on any atom is -0.303 e. The molecule has 0 saturated carbocycles. The van der Waals surface area contributed by atoms with E-state index < -0.39 is 0 Å². The van der Waals surface area contributed by atoms with Crippen molar-refractivity contribution in [2.24, 2.45) is 5.92 Å². The van der Waals surface area contributed by atoms with Crippen LogP contribution in [0.25, 0.3) is 0 Å². The minimum atomic E-state index is -0.0227. The summed E-state index contributed by atoms with van der Waals surface area (Å²) in [5.41, 5.74) is 0.798. The highest BCUT2D eigenvalue weighted by Gasteiger charge is 2.08. The second-order valence-corrected chi connectivity index (χ2v) is 3.26. The Morgan fingerprint density at radius 1 is 1.25 bits per heavy atom. The van der Waals surface area contributed by atoms with E-state index in [1.807, 2.05) is 6.08 Å². The van der Waals surface area contributed by atoms with Gasteiger partial charge in [-0.25, -0.2) is 0 Å². The third-order valence-electron chi connectivity index (χ3n) is 2.26. The second kappa shape index (κ2) is 4.86. The van der Waals surface area contributed by atoms with Gasteiger partial charge < -0.3 is 4.79 Å². The lowest BCUT2D eigenvalue weighted by Crippen LogP contribution is -2.03. The summed E-state index contributed by atoms with van der Waals surface area (Å²) >= 11 is 0. The van der Waals surface area contributed by atoms with Crippen molar-refractivity contribution >= 4 is 12.6 Å². The second-order valence-electron chi connectivity index (χ2n) is 3.26. The molecule has 1 atom stereocenters. The molecule has 0 aromatic carbocycles. The largest absolute Gasteiger partial charge is 0.303 e. The zero-order valence-electron chi connectivity index (χ0n) is 7.16. The van der Waals surface area contributed by atoms with Crippen LogP contribution in [0.3, 0.4) is 0 Å². The molecule has 0 radical (unpaired) electrons. The zero-order chi connectivity index (χ0) is 8.81. The molecule has 12 heavy (non-hydrogen) atoms. The van der Waals surface area contributed by atoms with Crippen molar-refractivity contribution in [2.45, 2.75) is 32.1 Å². The molecule has 66 valence electrons. The highest BCUT2D eigenvalue weighted by atomic mass is 16.1. The summed E-state index contributed by atoms with van der Waals surface area (Å²) in [5, 5.41) is 0. The fourth-order valence-electron chi connectivity index (χ4n) is 1.53. The Bertz CT molecular complexity index is 194. The number of allylic oxidation sites excluding steroid dienone is 2. The van der Waals surface area contributed by atoms with Gasteiger partial charge in [-0.05, 0) is 24.8 Å². The number of hydrogen-bond acceptors (Lipinski definition) is 2. The molecule has 0 aromatic heterocycles. The number of carbonyl (C=O) groups is 2. The first kappa shape index (κ1) is 9.17. The summed E-state index contributed by atoms with van der Waals surface area (Å²) in [6.07, 6.45) is 8.70. The van der Waals surface area contributed by atoms with Crippen molar-refractivity contribution in [3.05, 3.63) is 11.6 Å². The number of aldehydes is 2. The lowest BCUT2D eigenvalue weighted by molar-refractivity contribution is -0.110. The summed E-state index contributed by atoms with van der Waals surface area (Å²) in [4.78, 5) is 21.0. The smallest absolute Gasteiger partial charge is 0.145 e. The maximum Gasteiger partial charge on any atom is 0.145 e. The SMILES string of the molecule is O=C/C1=C/C(C=O)CCCCC1. The van der Waals surface area contributed by atoms with E-state index in [0.717, 1.165) is 50.2 Å². The van der Waals surface area contributed by atoms with Crippen LogP contribution < -0.4 is 0 Å². The first-order valence-corrected chi connectivity index (χ1v) is 4.48. The van der Waals surface area contributed by atoms with Crippen molar-refractivity contribution < 1.29 is 9.59 Å². The molecule has 1 aliphatic rings. The Kier molecular flexibility index (Phi) is 3.71. The molecule has 0 spiro atoms. The van der Waals surface area contributed by atoms with Gasteiger partial charge in [0.2, 0.25) is 0 Å². The van der Waals surface area contributed by atoms with Crippen LogP contribution in [0.1, 0.15) is 32.1 Å². The number of hydrogen-bond donors (Lipinski definition) is 0. The van der Waals surface area contributed by atoms with Gasteiger partial charge in [-0.1, -0.05) is 18.9 Å². The Hall–Kier alpha value is -0.920. The molecule has 1 aliphatic carbocycles. The number of rotatable bonds is 2. The van der Waals surface area contributed by atoms with Gasteiger partial charge >= 0.3 is 0 Å². The van der Waals surface area contributed by atoms with Crippen LogP contribution in [-0.2, 0) is 9.59 Å². The fraction of sp³-hybridized carbons (Fsp3) is 0.600. The standard InChI is InChI=1S/C10H14O2/c11-7-9-4-2-1-3-5-10(6-9)8-12/h6-9H,1-5H2/b10-6+. The normalized spacial score (nSPS) is 29.3. The third-order valence-corrected chi connectivity index (χ3v) is 2.26. The van der Waals surface area contributed by atoms with Crippen LogP contribution in [0.2, 0.25) is 0 Å². The van der Waals surface area contributed by atoms with E-state index in [9.17, 15) is 9.59 Å². The topological polar surface area (TPSA) is 34.1 Å². The predicted octanol–water partition coefficient (Wildman–Crippen LogP) is 1.89. The summed E-state index contributed by atoms with van der Waals surface area (Å²) in [6.45, 7) is 0. The molecule has 0 fully saturated rings. The Morgan fingerprint density at radius 2 is 2.08 bits per heavy atom. The fourth-order valence-corrected chi connectivity index (χ4v) is 1.53. The summed E-state index contributed by atoms with van der Waals surface area (Å²) in [6, 6.07) is 0. The van der Waals surface area contributed by atoms with Crippen LogP contribution >= 0.6 is 0 Å². The van der Waals surface area contributed by atoms with Crippen molar-refractivity contribution in [1.29, 1.82) is 0 Å². The zero-order valence-corrected chi connectivity index (χ0v) is 7.16. The molecule has 0 bridgehead atoms. The van der Waals surface area contributed by atoms with Gasteiger partial charge in [-0.15, -0.1) is 0 Å². The van der Waals surface area contributed by atoms with E-state index >= 15 is 0 Å². The van der Waals surface area contributed by atoms with Crippen molar-refractivity contribution in [2.75, 3.05) is 0 Å². The summed E-state index contributed by atoms with van der Waals surface area (Å²) < 4.78 is 0. The molecular weight excluding hydrogens is 152 g/mol. The summed E-state index contributed by atoms with van der Waals surface area (Å²) in [7, 11) is 0. The van der Waals surface area contributed by atoms with E-state index in [2.05, 4.69) is 0 Å². The maximum atomic E-state index is 10.5. The molecule has 0 heterocycles. The molecule has 0 amide bonds. The highest BCUT2D eigenvalue weighted by Crippen LogP contribution is 2.18. The van der Waals surface area contributed by atoms with Crippen LogP contribution in [0.15, 0.2) is 11.6 Å². The Balaban J connectivity index is 2.66. The van der Waals surface area contributed by atoms with Gasteiger partial charge in [0.15, 0.2) is 0 Å². The molecule has 1 rings (SSSR count).